The molecule has 0 radical (unpaired) electrons. The Hall–Kier alpha value is -4.62. The molecule has 2 aromatic heterocycles. The largest absolute Gasteiger partial charge is 0.481 e. The third-order valence-electron chi connectivity index (χ3n) is 4.77. The first kappa shape index (κ1) is 24.0. The number of rotatable bonds is 9. The number of aliphatic carboxylic acids is 2. The van der Waals surface area contributed by atoms with Crippen LogP contribution in [0.3, 0.4) is 0 Å². The minimum atomic E-state index is -1.42. The highest BCUT2D eigenvalue weighted by Crippen LogP contribution is 2.22. The van der Waals surface area contributed by atoms with Crippen LogP contribution < -0.4 is 21.7 Å². The zero-order chi connectivity index (χ0) is 25.0. The topological polar surface area (TPSA) is 211 Å². The molecule has 0 unspecified atom stereocenters. The summed E-state index contributed by atoms with van der Waals surface area (Å²) >= 11 is 0. The Balaban J connectivity index is 1.74. The number of benzene rings is 1. The van der Waals surface area contributed by atoms with Gasteiger partial charge in [0, 0.05) is 19.0 Å². The summed E-state index contributed by atoms with van der Waals surface area (Å²) in [6, 6.07) is 2.20. The number of aromatic nitrogens is 4. The van der Waals surface area contributed by atoms with Crippen molar-refractivity contribution >= 4 is 46.5 Å². The number of nitrogens with two attached hydrogens (primary N) is 2. The average molecular weight is 472 g/mol. The summed E-state index contributed by atoms with van der Waals surface area (Å²) in [5.74, 6) is -4.15. The third kappa shape index (κ3) is 5.59. The number of carboxylic acids is 2. The lowest BCUT2D eigenvalue weighted by atomic mass is 10.1. The monoisotopic (exact) mass is 472 g/mol. The SMILES string of the molecule is CN(Cc1cnc2nc(N)nc(N)c2n1)c1ccc(C(=O)N[C@H](CCC(=O)O)C(=O)O)cc1F. The molecule has 3 rings (SSSR count). The molecule has 0 saturated carbocycles. The molecule has 0 aliphatic carbocycles. The van der Waals surface area contributed by atoms with Crippen LogP contribution in [0.2, 0.25) is 0 Å². The second-order valence-corrected chi connectivity index (χ2v) is 7.32. The van der Waals surface area contributed by atoms with Crippen LogP contribution in [0.1, 0.15) is 28.9 Å². The molecule has 1 aromatic carbocycles. The quantitative estimate of drug-likeness (QED) is 0.286. The van der Waals surface area contributed by atoms with Crippen molar-refractivity contribution in [2.75, 3.05) is 23.4 Å². The van der Waals surface area contributed by atoms with Gasteiger partial charge in [-0.25, -0.2) is 19.2 Å². The van der Waals surface area contributed by atoms with Gasteiger partial charge in [0.05, 0.1) is 24.1 Å². The van der Waals surface area contributed by atoms with Crippen LogP contribution in [0, 0.1) is 5.82 Å². The molecule has 14 heteroatoms. The van der Waals surface area contributed by atoms with Crippen LogP contribution in [-0.4, -0.2) is 61.1 Å². The predicted molar refractivity (Wildman–Crippen MR) is 118 cm³/mol. The molecule has 178 valence electrons. The van der Waals surface area contributed by atoms with Crippen LogP contribution in [-0.2, 0) is 16.1 Å². The van der Waals surface area contributed by atoms with Crippen molar-refractivity contribution in [1.29, 1.82) is 0 Å². The summed E-state index contributed by atoms with van der Waals surface area (Å²) < 4.78 is 14.8. The van der Waals surface area contributed by atoms with E-state index in [1.807, 2.05) is 0 Å². The minimum absolute atomic E-state index is 0.0353. The molecule has 0 aliphatic heterocycles. The fourth-order valence-electron chi connectivity index (χ4n) is 3.11. The molecular formula is C20H21FN8O5. The van der Waals surface area contributed by atoms with Crippen molar-refractivity contribution in [3.05, 3.63) is 41.5 Å². The van der Waals surface area contributed by atoms with E-state index in [2.05, 4.69) is 25.3 Å². The van der Waals surface area contributed by atoms with Crippen molar-refractivity contribution in [2.24, 2.45) is 0 Å². The summed E-state index contributed by atoms with van der Waals surface area (Å²) in [6.07, 6.45) is 0.681. The first-order valence-corrected chi connectivity index (χ1v) is 9.86. The number of carbonyl (C=O) groups excluding carboxylic acids is 1. The minimum Gasteiger partial charge on any atom is -0.481 e. The van der Waals surface area contributed by atoms with E-state index in [1.54, 1.807) is 7.05 Å². The number of carboxylic acid groups (broad SMARTS) is 2. The van der Waals surface area contributed by atoms with E-state index in [1.165, 1.54) is 23.2 Å². The normalized spacial score (nSPS) is 11.7. The molecular weight excluding hydrogens is 451 g/mol. The molecule has 0 saturated heterocycles. The van der Waals surface area contributed by atoms with Gasteiger partial charge in [0.1, 0.15) is 11.9 Å². The first-order chi connectivity index (χ1) is 16.0. The maximum atomic E-state index is 14.8. The Morgan fingerprint density at radius 3 is 2.56 bits per heavy atom. The zero-order valence-electron chi connectivity index (χ0n) is 17.9. The molecule has 1 amide bonds. The van der Waals surface area contributed by atoms with Crippen molar-refractivity contribution < 1.29 is 29.0 Å². The van der Waals surface area contributed by atoms with Crippen LogP contribution in [0.4, 0.5) is 21.8 Å². The highest BCUT2D eigenvalue weighted by atomic mass is 19.1. The third-order valence-corrected chi connectivity index (χ3v) is 4.77. The van der Waals surface area contributed by atoms with Gasteiger partial charge in [-0.2, -0.15) is 9.97 Å². The molecule has 34 heavy (non-hydrogen) atoms. The Kier molecular flexibility index (Phi) is 6.99. The van der Waals surface area contributed by atoms with E-state index < -0.39 is 36.1 Å². The van der Waals surface area contributed by atoms with E-state index in [9.17, 15) is 18.8 Å². The van der Waals surface area contributed by atoms with Gasteiger partial charge in [0.25, 0.3) is 5.91 Å². The lowest BCUT2D eigenvalue weighted by molar-refractivity contribution is -0.140. The number of nitrogens with one attached hydrogen (secondary N) is 1. The van der Waals surface area contributed by atoms with Gasteiger partial charge in [-0.3, -0.25) is 9.59 Å². The van der Waals surface area contributed by atoms with Gasteiger partial charge >= 0.3 is 11.9 Å². The number of nitrogen functional groups attached to an aromatic ring is 2. The standard InChI is InChI=1S/C20H21FN8O5/c1-29(8-10-7-24-17-15(25-10)16(22)27-20(23)28-17)13-4-2-9(6-11(13)21)18(32)26-12(19(33)34)3-5-14(30)31/h2,4,6-7,12H,3,5,8H2,1H3,(H,26,32)(H,30,31)(H,33,34)(H4,22,23,24,27,28)/t12-/m1/s1. The second-order valence-electron chi connectivity index (χ2n) is 7.32. The van der Waals surface area contributed by atoms with Gasteiger partial charge in [-0.1, -0.05) is 0 Å². The van der Waals surface area contributed by atoms with E-state index in [0.29, 0.717) is 5.69 Å². The maximum Gasteiger partial charge on any atom is 0.326 e. The number of amides is 1. The number of hydrogen-bond donors (Lipinski definition) is 5. The van der Waals surface area contributed by atoms with Crippen LogP contribution >= 0.6 is 0 Å². The highest BCUT2D eigenvalue weighted by Gasteiger charge is 2.22. The summed E-state index contributed by atoms with van der Waals surface area (Å²) in [5, 5.41) is 20.1. The van der Waals surface area contributed by atoms with Crippen LogP contribution in [0.5, 0.6) is 0 Å². The van der Waals surface area contributed by atoms with E-state index >= 15 is 0 Å². The lowest BCUT2D eigenvalue weighted by Gasteiger charge is -2.20. The van der Waals surface area contributed by atoms with Crippen LogP contribution in [0.15, 0.2) is 24.4 Å². The first-order valence-electron chi connectivity index (χ1n) is 9.86. The summed E-state index contributed by atoms with van der Waals surface area (Å²) in [7, 11) is 1.60. The van der Waals surface area contributed by atoms with Crippen molar-refractivity contribution in [3.8, 4) is 0 Å². The fraction of sp³-hybridized carbons (Fsp3) is 0.250. The van der Waals surface area contributed by atoms with Gasteiger partial charge in [-0.05, 0) is 24.6 Å². The molecule has 0 aliphatic rings. The van der Waals surface area contributed by atoms with Crippen molar-refractivity contribution in [1.82, 2.24) is 25.3 Å². The molecule has 0 spiro atoms. The number of halogens is 1. The van der Waals surface area contributed by atoms with Crippen molar-refractivity contribution in [3.63, 3.8) is 0 Å². The molecule has 2 heterocycles. The maximum absolute atomic E-state index is 14.8. The van der Waals surface area contributed by atoms with E-state index in [4.69, 9.17) is 21.7 Å². The number of carbonyl (C=O) groups is 3. The van der Waals surface area contributed by atoms with Gasteiger partial charge in [0.2, 0.25) is 5.95 Å². The number of nitrogens with zero attached hydrogens (tertiary/aromatic N) is 5. The van der Waals surface area contributed by atoms with Gasteiger partial charge in [0.15, 0.2) is 17.0 Å². The Labute approximate surface area is 191 Å². The second kappa shape index (κ2) is 9.89. The Bertz CT molecular complexity index is 1270. The smallest absolute Gasteiger partial charge is 0.326 e. The zero-order valence-corrected chi connectivity index (χ0v) is 17.9. The van der Waals surface area contributed by atoms with Crippen LogP contribution in [0.25, 0.3) is 11.2 Å². The summed E-state index contributed by atoms with van der Waals surface area (Å²) in [4.78, 5) is 52.1. The number of hydrogen-bond acceptors (Lipinski definition) is 10. The molecule has 3 aromatic rings. The molecule has 13 nitrogen and oxygen atoms in total. The van der Waals surface area contributed by atoms with E-state index in [0.717, 1.165) is 6.07 Å². The molecule has 0 bridgehead atoms. The average Bonchev–Trinajstić information content (AvgIpc) is 2.76. The molecule has 0 fully saturated rings. The van der Waals surface area contributed by atoms with Gasteiger partial charge in [-0.15, -0.1) is 0 Å². The Morgan fingerprint density at radius 2 is 1.91 bits per heavy atom. The van der Waals surface area contributed by atoms with E-state index in [-0.39, 0.29) is 47.1 Å². The number of anilines is 3. The molecule has 7 N–H and O–H groups in total. The molecule has 1 atom stereocenters. The summed E-state index contributed by atoms with van der Waals surface area (Å²) in [5.41, 5.74) is 12.3. The Morgan fingerprint density at radius 1 is 1.18 bits per heavy atom. The van der Waals surface area contributed by atoms with Crippen molar-refractivity contribution in [2.45, 2.75) is 25.4 Å². The fourth-order valence-corrected chi connectivity index (χ4v) is 3.11. The predicted octanol–water partition coefficient (Wildman–Crippen LogP) is 0.408. The number of fused-ring (bicyclic) bond motifs is 1. The highest BCUT2D eigenvalue weighted by molar-refractivity contribution is 5.97. The summed E-state index contributed by atoms with van der Waals surface area (Å²) in [6.45, 7) is 0.130. The lowest BCUT2D eigenvalue weighted by Crippen LogP contribution is -2.41. The van der Waals surface area contributed by atoms with Gasteiger partial charge < -0.3 is 31.9 Å².